The molecule has 9 heteroatoms. The van der Waals surface area contributed by atoms with Gasteiger partial charge in [-0.15, -0.1) is 0 Å². The summed E-state index contributed by atoms with van der Waals surface area (Å²) in [5, 5.41) is 0. The van der Waals surface area contributed by atoms with Gasteiger partial charge in [0.05, 0.1) is 22.1 Å². The third-order valence-corrected chi connectivity index (χ3v) is 10.2. The maximum absolute atomic E-state index is 6.64. The number of aryl methyl sites for hydroxylation is 1. The Labute approximate surface area is 291 Å². The number of ether oxygens (including phenoxy) is 1. The van der Waals surface area contributed by atoms with Crippen LogP contribution >= 0.6 is 0 Å². The maximum Gasteiger partial charge on any atom is 0.417 e. The molecule has 0 bridgehead atoms. The largest absolute Gasteiger partial charge is 0.457 e. The molecule has 0 N–H and O–H groups in total. The Kier molecular flexibility index (Phi) is 6.88. The summed E-state index contributed by atoms with van der Waals surface area (Å²) in [6.07, 6.45) is 5.83. The summed E-state index contributed by atoms with van der Waals surface area (Å²) in [7, 11) is 2.19. The average molecular weight is 656 g/mol. The highest BCUT2D eigenvalue weighted by Gasteiger charge is 2.38. The van der Waals surface area contributed by atoms with Crippen molar-refractivity contribution in [1.82, 2.24) is 28.4 Å². The van der Waals surface area contributed by atoms with Crippen LogP contribution in [-0.4, -0.2) is 42.4 Å². The molecule has 0 saturated heterocycles. The topological polar surface area (TPSA) is 65.4 Å². The number of para-hydroxylation sites is 1. The fraction of sp³-hybridized carbons (Fsp3) is 0.195. The zero-order valence-corrected chi connectivity index (χ0v) is 29.2. The molecule has 0 fully saturated rings. The Hall–Kier alpha value is -5.83. The number of rotatable bonds is 6. The Bertz CT molecular complexity index is 2550. The molecule has 8 nitrogen and oxygen atoms in total. The molecular weight excluding hydrogens is 617 g/mol. The van der Waals surface area contributed by atoms with Crippen molar-refractivity contribution in [2.24, 2.45) is 0 Å². The molecule has 1 aliphatic rings. The summed E-state index contributed by atoms with van der Waals surface area (Å²) in [5.74, 6) is 4.82. The van der Waals surface area contributed by atoms with Crippen molar-refractivity contribution >= 4 is 46.0 Å². The maximum atomic E-state index is 6.64. The van der Waals surface area contributed by atoms with E-state index in [1.54, 1.807) is 0 Å². The molecule has 0 amide bonds. The van der Waals surface area contributed by atoms with Crippen LogP contribution in [0.1, 0.15) is 56.2 Å². The summed E-state index contributed by atoms with van der Waals surface area (Å²) in [6.45, 7) is 11.2. The fourth-order valence-corrected chi connectivity index (χ4v) is 7.85. The van der Waals surface area contributed by atoms with Crippen molar-refractivity contribution in [3.63, 3.8) is 0 Å². The normalized spacial score (nSPS) is 12.9. The molecule has 1 aliphatic heterocycles. The molecule has 0 unspecified atom stereocenters. The van der Waals surface area contributed by atoms with Gasteiger partial charge in [-0.05, 0) is 96.5 Å². The van der Waals surface area contributed by atoms with Crippen LogP contribution in [0.3, 0.4) is 0 Å². The quantitative estimate of drug-likeness (QED) is 0.168. The summed E-state index contributed by atoms with van der Waals surface area (Å²) in [5.41, 5.74) is 11.5. The van der Waals surface area contributed by atoms with Crippen LogP contribution < -0.4 is 15.0 Å². The molecule has 4 aromatic carbocycles. The highest BCUT2D eigenvalue weighted by Crippen LogP contribution is 2.40. The first-order valence-corrected chi connectivity index (χ1v) is 17.3. The fourth-order valence-electron chi connectivity index (χ4n) is 7.85. The van der Waals surface area contributed by atoms with Crippen LogP contribution in [-0.2, 0) is 0 Å². The number of imidazole rings is 3. The van der Waals surface area contributed by atoms with E-state index in [2.05, 4.69) is 133 Å². The molecule has 4 aromatic heterocycles. The van der Waals surface area contributed by atoms with Gasteiger partial charge in [-0.2, -0.15) is 0 Å². The Balaban J connectivity index is 1.14. The molecule has 0 atom stereocenters. The van der Waals surface area contributed by atoms with Crippen molar-refractivity contribution < 1.29 is 4.74 Å². The van der Waals surface area contributed by atoms with Gasteiger partial charge in [0.25, 0.3) is 0 Å². The zero-order chi connectivity index (χ0) is 34.3. The third-order valence-electron chi connectivity index (χ3n) is 10.2. The SMILES string of the molecule is Cc1cccc2c1nc1n(-c3ccccn3)c3cc(Oc4ccc5c(c4)-c4nccn4B(c4c(C(C)C)cccc4C(C)C)N5C)ccc3n21. The van der Waals surface area contributed by atoms with Gasteiger partial charge in [0.2, 0.25) is 5.78 Å². The average Bonchev–Trinajstić information content (AvgIpc) is 3.83. The summed E-state index contributed by atoms with van der Waals surface area (Å²) in [6, 6.07) is 31.6. The van der Waals surface area contributed by atoms with Crippen LogP contribution in [0.4, 0.5) is 5.69 Å². The van der Waals surface area contributed by atoms with Gasteiger partial charge in [0.15, 0.2) is 0 Å². The lowest BCUT2D eigenvalue weighted by Gasteiger charge is -2.37. The van der Waals surface area contributed by atoms with Crippen LogP contribution in [0.5, 0.6) is 11.5 Å². The van der Waals surface area contributed by atoms with Crippen LogP contribution in [0, 0.1) is 6.92 Å². The van der Waals surface area contributed by atoms with E-state index >= 15 is 0 Å². The Morgan fingerprint density at radius 2 is 1.48 bits per heavy atom. The van der Waals surface area contributed by atoms with Crippen molar-refractivity contribution in [3.8, 4) is 28.7 Å². The second-order valence-corrected chi connectivity index (χ2v) is 13.9. The lowest BCUT2D eigenvalue weighted by atomic mass is 9.58. The van der Waals surface area contributed by atoms with E-state index in [1.165, 1.54) is 16.6 Å². The van der Waals surface area contributed by atoms with Gasteiger partial charge in [-0.25, -0.2) is 15.0 Å². The number of fused-ring (bicyclic) bond motifs is 8. The first kappa shape index (κ1) is 30.2. The van der Waals surface area contributed by atoms with E-state index in [9.17, 15) is 0 Å². The van der Waals surface area contributed by atoms with E-state index in [-0.39, 0.29) is 6.98 Å². The monoisotopic (exact) mass is 655 g/mol. The molecule has 5 heterocycles. The van der Waals surface area contributed by atoms with Crippen molar-refractivity contribution in [2.45, 2.75) is 46.5 Å². The second kappa shape index (κ2) is 11.4. The zero-order valence-electron chi connectivity index (χ0n) is 29.2. The van der Waals surface area contributed by atoms with Crippen molar-refractivity contribution in [1.29, 1.82) is 0 Å². The minimum Gasteiger partial charge on any atom is -0.457 e. The summed E-state index contributed by atoms with van der Waals surface area (Å²) >= 11 is 0. The third kappa shape index (κ3) is 4.49. The molecule has 9 rings (SSSR count). The molecule has 0 aliphatic carbocycles. The van der Waals surface area contributed by atoms with Gasteiger partial charge in [-0.3, -0.25) is 8.97 Å². The number of aromatic nitrogens is 6. The highest BCUT2D eigenvalue weighted by atomic mass is 16.5. The number of pyridine rings is 1. The summed E-state index contributed by atoms with van der Waals surface area (Å²) < 4.78 is 13.3. The number of hydrogen-bond acceptors (Lipinski definition) is 5. The highest BCUT2D eigenvalue weighted by molar-refractivity contribution is 6.77. The molecule has 50 heavy (non-hydrogen) atoms. The molecule has 0 saturated carbocycles. The summed E-state index contributed by atoms with van der Waals surface area (Å²) in [4.78, 5) is 17.1. The van der Waals surface area contributed by atoms with Gasteiger partial charge < -0.3 is 14.0 Å². The minimum absolute atomic E-state index is 0.0108. The predicted molar refractivity (Wildman–Crippen MR) is 204 cm³/mol. The Morgan fingerprint density at radius 3 is 2.24 bits per heavy atom. The molecule has 8 aromatic rings. The molecule has 0 spiro atoms. The number of nitrogens with zero attached hydrogens (tertiary/aromatic N) is 7. The van der Waals surface area contributed by atoms with Crippen LogP contribution in [0.15, 0.2) is 110 Å². The van der Waals surface area contributed by atoms with Gasteiger partial charge >= 0.3 is 6.98 Å². The van der Waals surface area contributed by atoms with Crippen LogP contribution in [0.2, 0.25) is 0 Å². The first-order chi connectivity index (χ1) is 24.3. The molecule has 246 valence electrons. The number of hydrogen-bond donors (Lipinski definition) is 0. The van der Waals surface area contributed by atoms with Crippen LogP contribution in [0.25, 0.3) is 45.1 Å². The van der Waals surface area contributed by atoms with Gasteiger partial charge in [0.1, 0.15) is 23.1 Å². The molecule has 0 radical (unpaired) electrons. The Morgan fingerprint density at radius 1 is 0.720 bits per heavy atom. The van der Waals surface area contributed by atoms with E-state index in [1.807, 2.05) is 36.7 Å². The van der Waals surface area contributed by atoms with Gasteiger partial charge in [0, 0.05) is 35.9 Å². The lowest BCUT2D eigenvalue weighted by molar-refractivity contribution is 0.483. The number of benzene rings is 4. The lowest BCUT2D eigenvalue weighted by Crippen LogP contribution is -2.56. The minimum atomic E-state index is -0.0108. The second-order valence-electron chi connectivity index (χ2n) is 13.9. The first-order valence-electron chi connectivity index (χ1n) is 17.3. The van der Waals surface area contributed by atoms with Gasteiger partial charge in [-0.1, -0.05) is 64.1 Å². The smallest absolute Gasteiger partial charge is 0.417 e. The molecular formula is C41H38BN7O. The van der Waals surface area contributed by atoms with Crippen molar-refractivity contribution in [3.05, 3.63) is 126 Å². The number of anilines is 1. The van der Waals surface area contributed by atoms with E-state index < -0.39 is 0 Å². The predicted octanol–water partition coefficient (Wildman–Crippen LogP) is 8.73. The standard InChI is InChI=1S/C41H38BN7O/c1-25(2)30-12-10-13-31(26(3)4)38(30)42-46(6)33-18-16-28(23-32(33)40-44-21-22-47(40)42)50-29-17-19-34-36(24-29)49(37-15-7-8-20-43-37)41-45-39-27(5)11-9-14-35(39)48(34)41/h7-26H,1-6H3. The van der Waals surface area contributed by atoms with Crippen molar-refractivity contribution in [2.75, 3.05) is 11.9 Å². The van der Waals surface area contributed by atoms with E-state index in [4.69, 9.17) is 19.7 Å². The van der Waals surface area contributed by atoms with E-state index in [0.29, 0.717) is 11.8 Å². The van der Waals surface area contributed by atoms with E-state index in [0.717, 1.165) is 67.8 Å².